The van der Waals surface area contributed by atoms with Crippen molar-refractivity contribution >= 4 is 45.5 Å². The zero-order valence-electron chi connectivity index (χ0n) is 27.6. The van der Waals surface area contributed by atoms with E-state index in [0.29, 0.717) is 34.8 Å². The highest BCUT2D eigenvalue weighted by molar-refractivity contribution is 8.17. The Hall–Kier alpha value is -4.10. The van der Waals surface area contributed by atoms with Crippen molar-refractivity contribution in [2.45, 2.75) is 65.0 Å². The number of anilines is 1. The van der Waals surface area contributed by atoms with Crippen LogP contribution in [0.5, 0.6) is 5.75 Å². The number of aryl methyl sites for hydroxylation is 1. The lowest BCUT2D eigenvalue weighted by atomic mass is 9.98. The maximum Gasteiger partial charge on any atom is 0.573 e. The highest BCUT2D eigenvalue weighted by Gasteiger charge is 2.46. The minimum absolute atomic E-state index is 0.00690. The monoisotopic (exact) mass is 694 g/mol. The van der Waals surface area contributed by atoms with Gasteiger partial charge in [-0.05, 0) is 85.9 Å². The number of halogens is 3. The first-order chi connectivity index (χ1) is 22.7. The minimum Gasteiger partial charge on any atom is -0.406 e. The average Bonchev–Trinajstić information content (AvgIpc) is 3.59. The molecule has 4 aromatic rings. The number of aliphatic imine (C=N–C) groups is 2. The molecule has 1 saturated heterocycles. The van der Waals surface area contributed by atoms with Crippen molar-refractivity contribution in [3.8, 4) is 22.8 Å². The van der Waals surface area contributed by atoms with E-state index in [9.17, 15) is 18.0 Å². The van der Waals surface area contributed by atoms with Crippen LogP contribution in [0.2, 0.25) is 0 Å². The van der Waals surface area contributed by atoms with Gasteiger partial charge in [-0.25, -0.2) is 9.67 Å². The smallest absolute Gasteiger partial charge is 0.406 e. The van der Waals surface area contributed by atoms with Crippen LogP contribution in [-0.2, 0) is 11.2 Å². The van der Waals surface area contributed by atoms with Crippen LogP contribution >= 0.6 is 23.5 Å². The minimum atomic E-state index is -4.75. The van der Waals surface area contributed by atoms with Gasteiger partial charge in [0.15, 0.2) is 16.2 Å². The molecular formula is C35H37F3N6O2S2. The maximum atomic E-state index is 13.6. The van der Waals surface area contributed by atoms with Crippen LogP contribution in [0.3, 0.4) is 0 Å². The van der Waals surface area contributed by atoms with E-state index in [-0.39, 0.29) is 17.6 Å². The summed E-state index contributed by atoms with van der Waals surface area (Å²) >= 11 is 3.01. The third-order valence-corrected chi connectivity index (χ3v) is 9.36. The number of carbonyl (C=O) groups is 1. The quantitative estimate of drug-likeness (QED) is 0.129. The van der Waals surface area contributed by atoms with Crippen LogP contribution in [0.25, 0.3) is 17.1 Å². The van der Waals surface area contributed by atoms with E-state index in [1.807, 2.05) is 45.0 Å². The van der Waals surface area contributed by atoms with Crippen molar-refractivity contribution in [2.24, 2.45) is 9.98 Å². The molecule has 2 heterocycles. The van der Waals surface area contributed by atoms with Gasteiger partial charge in [0.25, 0.3) is 0 Å². The van der Waals surface area contributed by atoms with E-state index in [2.05, 4.69) is 53.8 Å². The molecule has 13 heteroatoms. The molecule has 0 unspecified atom stereocenters. The number of amidine groups is 2. The van der Waals surface area contributed by atoms with Crippen molar-refractivity contribution in [3.63, 3.8) is 0 Å². The van der Waals surface area contributed by atoms with Gasteiger partial charge >= 0.3 is 6.36 Å². The van der Waals surface area contributed by atoms with Gasteiger partial charge in [0.05, 0.1) is 16.1 Å². The first-order valence-corrected chi connectivity index (χ1v) is 17.3. The summed E-state index contributed by atoms with van der Waals surface area (Å²) < 4.78 is 42.2. The second-order valence-electron chi connectivity index (χ2n) is 12.0. The number of hydrogen-bond acceptors (Lipinski definition) is 7. The molecule has 0 radical (unpaired) electrons. The highest BCUT2D eigenvalue weighted by Crippen LogP contribution is 2.42. The molecular weight excluding hydrogens is 658 g/mol. The standard InChI is InChI=1S/C35H37F3N6O2S2/c1-7-47-32(41-33-44(31(45)34(5,6)48-33)29-20-23(4)8-17-28(29)22(2)3)39-19-18-24-9-11-25(12-10-24)30-40-21-43(42-30)26-13-15-27(16-14-26)46-35(36,37)38/h8-17,20-22H,7,18-19H2,1-6H3/b39-32?,41-33-. The summed E-state index contributed by atoms with van der Waals surface area (Å²) in [5, 5.41) is 5.75. The average molecular weight is 695 g/mol. The number of benzene rings is 3. The number of ether oxygens (including phenoxy) is 1. The van der Waals surface area contributed by atoms with Crippen molar-refractivity contribution < 1.29 is 22.7 Å². The van der Waals surface area contributed by atoms with Gasteiger partial charge in [-0.1, -0.05) is 80.7 Å². The Morgan fingerprint density at radius 2 is 1.77 bits per heavy atom. The predicted molar refractivity (Wildman–Crippen MR) is 189 cm³/mol. The zero-order valence-corrected chi connectivity index (χ0v) is 29.2. The van der Waals surface area contributed by atoms with Crippen LogP contribution in [0.4, 0.5) is 18.9 Å². The number of thioether (sulfide) groups is 2. The number of aromatic nitrogens is 3. The SMILES string of the molecule is CCSC(=NCCc1ccc(-c2ncn(-c3ccc(OC(F)(F)F)cc3)n2)cc1)/N=C1\SC(C)(C)C(=O)N1c1cc(C)ccc1C(C)C. The third kappa shape index (κ3) is 8.48. The first kappa shape index (κ1) is 35.2. The number of carbonyl (C=O) groups excluding carboxylic acids is 1. The molecule has 0 bridgehead atoms. The van der Waals surface area contributed by atoms with E-state index in [0.717, 1.165) is 33.7 Å². The summed E-state index contributed by atoms with van der Waals surface area (Å²) in [5.41, 5.74) is 5.48. The van der Waals surface area contributed by atoms with E-state index < -0.39 is 11.1 Å². The number of hydrogen-bond donors (Lipinski definition) is 0. The lowest BCUT2D eigenvalue weighted by Crippen LogP contribution is -2.37. The molecule has 8 nitrogen and oxygen atoms in total. The lowest BCUT2D eigenvalue weighted by molar-refractivity contribution is -0.274. The zero-order chi connectivity index (χ0) is 34.6. The first-order valence-electron chi connectivity index (χ1n) is 15.5. The largest absolute Gasteiger partial charge is 0.573 e. The number of rotatable bonds is 9. The molecule has 1 amide bonds. The van der Waals surface area contributed by atoms with Gasteiger partial charge in [0.2, 0.25) is 5.91 Å². The van der Waals surface area contributed by atoms with E-state index >= 15 is 0 Å². The number of nitrogens with zero attached hydrogens (tertiary/aromatic N) is 6. The van der Waals surface area contributed by atoms with E-state index in [1.54, 1.807) is 16.7 Å². The van der Waals surface area contributed by atoms with Crippen molar-refractivity contribution in [2.75, 3.05) is 17.2 Å². The summed E-state index contributed by atoms with van der Waals surface area (Å²) in [6, 6.07) is 19.5. The van der Waals surface area contributed by atoms with Gasteiger partial charge in [-0.2, -0.15) is 4.99 Å². The lowest BCUT2D eigenvalue weighted by Gasteiger charge is -2.23. The molecule has 1 aliphatic rings. The molecule has 0 N–H and O–H groups in total. The summed E-state index contributed by atoms with van der Waals surface area (Å²) in [4.78, 5) is 29.6. The van der Waals surface area contributed by atoms with Crippen LogP contribution in [-0.4, -0.2) is 54.4 Å². The van der Waals surface area contributed by atoms with Gasteiger partial charge in [-0.3, -0.25) is 14.7 Å². The number of amides is 1. The topological polar surface area (TPSA) is 85.0 Å². The Morgan fingerprint density at radius 3 is 2.42 bits per heavy atom. The molecule has 0 saturated carbocycles. The summed E-state index contributed by atoms with van der Waals surface area (Å²) in [6.45, 7) is 12.7. The summed E-state index contributed by atoms with van der Waals surface area (Å²) in [6.07, 6.45) is -2.56. The Labute approximate surface area is 286 Å². The van der Waals surface area contributed by atoms with Gasteiger partial charge in [-0.15, -0.1) is 18.3 Å². The fraction of sp³-hybridized carbons (Fsp3) is 0.343. The second-order valence-corrected chi connectivity index (χ2v) is 14.8. The van der Waals surface area contributed by atoms with E-state index in [1.165, 1.54) is 47.0 Å². The molecule has 0 aliphatic carbocycles. The fourth-order valence-corrected chi connectivity index (χ4v) is 6.73. The van der Waals surface area contributed by atoms with E-state index in [4.69, 9.17) is 9.98 Å². The molecule has 3 aromatic carbocycles. The van der Waals surface area contributed by atoms with Crippen LogP contribution in [0.15, 0.2) is 83.0 Å². The molecule has 0 atom stereocenters. The molecule has 0 spiro atoms. The summed E-state index contributed by atoms with van der Waals surface area (Å²) in [5.74, 6) is 1.21. The van der Waals surface area contributed by atoms with Crippen molar-refractivity contribution in [1.82, 2.24) is 14.8 Å². The molecule has 48 heavy (non-hydrogen) atoms. The normalized spacial score (nSPS) is 16.0. The van der Waals surface area contributed by atoms with Gasteiger partial charge in [0, 0.05) is 12.1 Å². The molecule has 5 rings (SSSR count). The Morgan fingerprint density at radius 1 is 1.06 bits per heavy atom. The van der Waals surface area contributed by atoms with Crippen molar-refractivity contribution in [3.05, 3.63) is 89.7 Å². The molecule has 1 aromatic heterocycles. The van der Waals surface area contributed by atoms with Crippen molar-refractivity contribution in [1.29, 1.82) is 0 Å². The molecule has 1 fully saturated rings. The van der Waals surface area contributed by atoms with Crippen LogP contribution in [0.1, 0.15) is 57.2 Å². The molecule has 252 valence electrons. The van der Waals surface area contributed by atoms with Gasteiger partial charge in [0.1, 0.15) is 12.1 Å². The third-order valence-electron chi connectivity index (χ3n) is 7.46. The maximum absolute atomic E-state index is 13.6. The van der Waals surface area contributed by atoms with Crippen LogP contribution in [0, 0.1) is 6.92 Å². The number of alkyl halides is 3. The highest BCUT2D eigenvalue weighted by atomic mass is 32.2. The Bertz CT molecular complexity index is 1820. The van der Waals surface area contributed by atoms with Gasteiger partial charge < -0.3 is 4.74 Å². The Kier molecular flexibility index (Phi) is 10.7. The predicted octanol–water partition coefficient (Wildman–Crippen LogP) is 8.83. The fourth-order valence-electron chi connectivity index (χ4n) is 5.04. The summed E-state index contributed by atoms with van der Waals surface area (Å²) in [7, 11) is 0. The van der Waals surface area contributed by atoms with Crippen LogP contribution < -0.4 is 9.64 Å². The second kappa shape index (κ2) is 14.6. The molecule has 1 aliphatic heterocycles. The Balaban J connectivity index is 1.29.